The molecular weight excluding hydrogens is 468 g/mol. The highest BCUT2D eigenvalue weighted by atomic mass is 32.2. The highest BCUT2D eigenvalue weighted by molar-refractivity contribution is 7.92. The number of amides is 1. The van der Waals surface area contributed by atoms with Crippen LogP contribution in [-0.4, -0.2) is 40.8 Å². The molecule has 1 N–H and O–H groups in total. The second kappa shape index (κ2) is 11.1. The van der Waals surface area contributed by atoms with Crippen LogP contribution in [0.1, 0.15) is 25.5 Å². The van der Waals surface area contributed by atoms with Gasteiger partial charge in [0.25, 0.3) is 0 Å². The van der Waals surface area contributed by atoms with Crippen molar-refractivity contribution in [2.45, 2.75) is 25.9 Å². The van der Waals surface area contributed by atoms with Gasteiger partial charge in [-0.1, -0.05) is 18.2 Å². The lowest BCUT2D eigenvalue weighted by Crippen LogP contribution is -2.48. The standard InChI is InChI=1S/C26H30N2O6S/c1-18(24-17-23(32-3)15-16-25(24)33-4)27-26(29)19(2)28(35(5,30)31)20-11-13-22(14-12-20)34-21-9-7-6-8-10-21/h6-19H,1-5H3,(H,27,29)/t18-,19-/m0/s1. The Labute approximate surface area is 206 Å². The van der Waals surface area contributed by atoms with Crippen molar-refractivity contribution in [3.05, 3.63) is 78.4 Å². The van der Waals surface area contributed by atoms with Crippen LogP contribution in [0.2, 0.25) is 0 Å². The fraction of sp³-hybridized carbons (Fsp3) is 0.269. The molecule has 0 unspecified atom stereocenters. The van der Waals surface area contributed by atoms with E-state index in [9.17, 15) is 13.2 Å². The third-order valence-corrected chi connectivity index (χ3v) is 6.66. The number of benzene rings is 3. The zero-order valence-corrected chi connectivity index (χ0v) is 21.2. The van der Waals surface area contributed by atoms with E-state index in [4.69, 9.17) is 14.2 Å². The second-order valence-electron chi connectivity index (χ2n) is 7.98. The number of nitrogens with zero attached hydrogens (tertiary/aromatic N) is 1. The first kappa shape index (κ1) is 25.9. The van der Waals surface area contributed by atoms with E-state index in [-0.39, 0.29) is 0 Å². The Morgan fingerprint density at radius 3 is 2.03 bits per heavy atom. The molecule has 0 saturated carbocycles. The number of rotatable bonds is 10. The smallest absolute Gasteiger partial charge is 0.244 e. The van der Waals surface area contributed by atoms with Crippen molar-refractivity contribution in [2.24, 2.45) is 0 Å². The van der Waals surface area contributed by atoms with Gasteiger partial charge in [0.2, 0.25) is 15.9 Å². The van der Waals surface area contributed by atoms with E-state index in [1.807, 2.05) is 30.3 Å². The lowest BCUT2D eigenvalue weighted by atomic mass is 10.1. The number of para-hydroxylation sites is 1. The van der Waals surface area contributed by atoms with Crippen LogP contribution >= 0.6 is 0 Å². The molecule has 0 bridgehead atoms. The summed E-state index contributed by atoms with van der Waals surface area (Å²) in [4.78, 5) is 13.1. The fourth-order valence-electron chi connectivity index (χ4n) is 3.68. The van der Waals surface area contributed by atoms with Gasteiger partial charge in [-0.25, -0.2) is 8.42 Å². The molecule has 0 heterocycles. The van der Waals surface area contributed by atoms with Crippen molar-refractivity contribution in [1.82, 2.24) is 5.32 Å². The fourth-order valence-corrected chi connectivity index (χ4v) is 4.86. The third kappa shape index (κ3) is 6.45. The number of hydrogen-bond donors (Lipinski definition) is 1. The van der Waals surface area contributed by atoms with Gasteiger partial charge in [0.1, 0.15) is 29.0 Å². The molecule has 0 aromatic heterocycles. The molecule has 1 amide bonds. The Morgan fingerprint density at radius 1 is 0.857 bits per heavy atom. The molecule has 3 aromatic carbocycles. The average Bonchev–Trinajstić information content (AvgIpc) is 2.84. The topological polar surface area (TPSA) is 94.2 Å². The van der Waals surface area contributed by atoms with Crippen molar-refractivity contribution >= 4 is 21.6 Å². The van der Waals surface area contributed by atoms with Gasteiger partial charge in [-0.05, 0) is 68.4 Å². The van der Waals surface area contributed by atoms with Crippen molar-refractivity contribution < 1.29 is 27.4 Å². The largest absolute Gasteiger partial charge is 0.497 e. The number of carbonyl (C=O) groups is 1. The van der Waals surface area contributed by atoms with Crippen molar-refractivity contribution in [1.29, 1.82) is 0 Å². The first-order valence-electron chi connectivity index (χ1n) is 11.0. The number of carbonyl (C=O) groups excluding carboxylic acids is 1. The number of hydrogen-bond acceptors (Lipinski definition) is 6. The average molecular weight is 499 g/mol. The van der Waals surface area contributed by atoms with E-state index in [0.29, 0.717) is 34.2 Å². The van der Waals surface area contributed by atoms with Gasteiger partial charge < -0.3 is 19.5 Å². The van der Waals surface area contributed by atoms with Crippen molar-refractivity contribution in [2.75, 3.05) is 24.8 Å². The highest BCUT2D eigenvalue weighted by Crippen LogP contribution is 2.30. The Balaban J connectivity index is 1.80. The Bertz CT molecular complexity index is 1250. The number of ether oxygens (including phenoxy) is 3. The second-order valence-corrected chi connectivity index (χ2v) is 9.84. The maximum Gasteiger partial charge on any atom is 0.244 e. The molecular formula is C26H30N2O6S. The number of methoxy groups -OCH3 is 2. The minimum atomic E-state index is -3.77. The summed E-state index contributed by atoms with van der Waals surface area (Å²) in [5, 5.41) is 2.88. The van der Waals surface area contributed by atoms with Crippen molar-refractivity contribution in [3.63, 3.8) is 0 Å². The van der Waals surface area contributed by atoms with Crippen LogP contribution in [0.15, 0.2) is 72.8 Å². The summed E-state index contributed by atoms with van der Waals surface area (Å²) in [5.74, 6) is 1.95. The van der Waals surface area contributed by atoms with E-state index in [0.717, 1.165) is 10.6 Å². The van der Waals surface area contributed by atoms with Crippen molar-refractivity contribution in [3.8, 4) is 23.0 Å². The van der Waals surface area contributed by atoms with Gasteiger partial charge in [0.05, 0.1) is 32.2 Å². The van der Waals surface area contributed by atoms with Crippen LogP contribution in [0.3, 0.4) is 0 Å². The van der Waals surface area contributed by atoms with Crippen LogP contribution in [0.5, 0.6) is 23.0 Å². The molecule has 35 heavy (non-hydrogen) atoms. The van der Waals surface area contributed by atoms with E-state index in [1.54, 1.807) is 70.5 Å². The quantitative estimate of drug-likeness (QED) is 0.441. The van der Waals surface area contributed by atoms with E-state index in [2.05, 4.69) is 5.32 Å². The first-order valence-corrected chi connectivity index (χ1v) is 12.8. The predicted octanol–water partition coefficient (Wildman–Crippen LogP) is 4.53. The van der Waals surface area contributed by atoms with Crippen LogP contribution in [-0.2, 0) is 14.8 Å². The van der Waals surface area contributed by atoms with Gasteiger partial charge in [0.15, 0.2) is 0 Å². The number of nitrogens with one attached hydrogen (secondary N) is 1. The molecule has 9 heteroatoms. The van der Waals surface area contributed by atoms with E-state index < -0.39 is 28.0 Å². The molecule has 3 rings (SSSR count). The van der Waals surface area contributed by atoms with Gasteiger partial charge >= 0.3 is 0 Å². The summed E-state index contributed by atoms with van der Waals surface area (Å²) in [5.41, 5.74) is 1.06. The lowest BCUT2D eigenvalue weighted by molar-refractivity contribution is -0.122. The zero-order valence-electron chi connectivity index (χ0n) is 20.4. The van der Waals surface area contributed by atoms with Crippen LogP contribution in [0.25, 0.3) is 0 Å². The van der Waals surface area contributed by atoms with Gasteiger partial charge in [0, 0.05) is 5.56 Å². The molecule has 0 saturated heterocycles. The molecule has 0 spiro atoms. The van der Waals surface area contributed by atoms with E-state index >= 15 is 0 Å². The van der Waals surface area contributed by atoms with Gasteiger partial charge in [-0.3, -0.25) is 9.10 Å². The molecule has 0 aliphatic rings. The summed E-state index contributed by atoms with van der Waals surface area (Å²) in [7, 11) is -0.678. The maximum atomic E-state index is 13.1. The lowest BCUT2D eigenvalue weighted by Gasteiger charge is -2.29. The Morgan fingerprint density at radius 2 is 1.46 bits per heavy atom. The summed E-state index contributed by atoms with van der Waals surface area (Å²) in [6.07, 6.45) is 1.07. The molecule has 8 nitrogen and oxygen atoms in total. The van der Waals surface area contributed by atoms with Crippen LogP contribution < -0.4 is 23.8 Å². The Hall–Kier alpha value is -3.72. The monoisotopic (exact) mass is 498 g/mol. The summed E-state index contributed by atoms with van der Waals surface area (Å²) < 4.78 is 42.9. The normalized spacial score (nSPS) is 12.8. The molecule has 0 aliphatic heterocycles. The molecule has 3 aromatic rings. The first-order chi connectivity index (χ1) is 16.6. The number of sulfonamides is 1. The minimum absolute atomic E-state index is 0.349. The van der Waals surface area contributed by atoms with Gasteiger partial charge in [-0.15, -0.1) is 0 Å². The predicted molar refractivity (Wildman–Crippen MR) is 136 cm³/mol. The summed E-state index contributed by atoms with van der Waals surface area (Å²) in [6.45, 7) is 3.34. The number of anilines is 1. The van der Waals surface area contributed by atoms with Crippen LogP contribution in [0.4, 0.5) is 5.69 Å². The summed E-state index contributed by atoms with van der Waals surface area (Å²) in [6, 6.07) is 19.6. The summed E-state index contributed by atoms with van der Waals surface area (Å²) >= 11 is 0. The molecule has 186 valence electrons. The third-order valence-electron chi connectivity index (χ3n) is 5.42. The molecule has 0 aliphatic carbocycles. The Kier molecular flexibility index (Phi) is 8.24. The van der Waals surface area contributed by atoms with Crippen LogP contribution in [0, 0.1) is 0 Å². The molecule has 0 radical (unpaired) electrons. The maximum absolute atomic E-state index is 13.1. The van der Waals surface area contributed by atoms with E-state index in [1.165, 1.54) is 0 Å². The van der Waals surface area contributed by atoms with Gasteiger partial charge in [-0.2, -0.15) is 0 Å². The minimum Gasteiger partial charge on any atom is -0.497 e. The SMILES string of the molecule is COc1ccc(OC)c([C@H](C)NC(=O)[C@H](C)N(c2ccc(Oc3ccccc3)cc2)S(C)(=O)=O)c1. The molecule has 0 fully saturated rings. The zero-order chi connectivity index (χ0) is 25.6. The molecule has 2 atom stereocenters. The highest BCUT2D eigenvalue weighted by Gasteiger charge is 2.30.